The average molecular weight is 313 g/mol. The number of aromatic nitrogens is 2. The van der Waals surface area contributed by atoms with Crippen molar-refractivity contribution in [1.82, 2.24) is 9.97 Å². The lowest BCUT2D eigenvalue weighted by Crippen LogP contribution is -2.04. The topological polar surface area (TPSA) is 48.9 Å². The highest BCUT2D eigenvalue weighted by atomic mass is 35.5. The number of hydrogen-bond donors (Lipinski definition) is 2. The number of halogens is 4. The number of phenolic OH excluding ortho intramolecular Hbond substituents is 1. The van der Waals surface area contributed by atoms with Gasteiger partial charge < -0.3 is 10.1 Å². The summed E-state index contributed by atoms with van der Waals surface area (Å²) in [7, 11) is 0. The van der Waals surface area contributed by atoms with Gasteiger partial charge in [-0.2, -0.15) is 13.2 Å². The van der Waals surface area contributed by atoms with Gasteiger partial charge in [-0.25, -0.2) is 4.98 Å². The van der Waals surface area contributed by atoms with Crippen LogP contribution in [0.1, 0.15) is 5.56 Å². The maximum atomic E-state index is 12.7. The molecule has 0 amide bonds. The van der Waals surface area contributed by atoms with Crippen LogP contribution < -0.4 is 0 Å². The second-order valence-electron chi connectivity index (χ2n) is 4.48. The first-order chi connectivity index (χ1) is 9.84. The lowest BCUT2D eigenvalue weighted by Gasteiger charge is -2.05. The standard InChI is InChI=1S/C14H8ClF3N2O/c15-9-5-7(1-4-12(9)21)13-19-10-3-2-8(14(16,17)18)6-11(10)20-13/h1-6,21H,(H,19,20). The summed E-state index contributed by atoms with van der Waals surface area (Å²) in [5.74, 6) is 0.308. The molecule has 2 aromatic carbocycles. The normalized spacial score (nSPS) is 12.0. The van der Waals surface area contributed by atoms with Gasteiger partial charge in [-0.05, 0) is 36.4 Å². The molecule has 1 heterocycles. The van der Waals surface area contributed by atoms with Crippen LogP contribution in [0.25, 0.3) is 22.4 Å². The van der Waals surface area contributed by atoms with Crippen molar-refractivity contribution >= 4 is 22.6 Å². The Morgan fingerprint density at radius 3 is 2.52 bits per heavy atom. The van der Waals surface area contributed by atoms with Gasteiger partial charge in [-0.3, -0.25) is 0 Å². The van der Waals surface area contributed by atoms with Gasteiger partial charge in [0.2, 0.25) is 0 Å². The minimum atomic E-state index is -4.40. The van der Waals surface area contributed by atoms with Crippen molar-refractivity contribution in [1.29, 1.82) is 0 Å². The summed E-state index contributed by atoms with van der Waals surface area (Å²) in [4.78, 5) is 7.03. The van der Waals surface area contributed by atoms with Crippen LogP contribution in [-0.4, -0.2) is 15.1 Å². The lowest BCUT2D eigenvalue weighted by molar-refractivity contribution is -0.137. The molecule has 0 fully saturated rings. The van der Waals surface area contributed by atoms with E-state index in [0.29, 0.717) is 16.9 Å². The Hall–Kier alpha value is -2.21. The highest BCUT2D eigenvalue weighted by Crippen LogP contribution is 2.32. The minimum Gasteiger partial charge on any atom is -0.506 e. The van der Waals surface area contributed by atoms with Gasteiger partial charge in [0, 0.05) is 5.56 Å². The number of imidazole rings is 1. The van der Waals surface area contributed by atoms with E-state index in [1.165, 1.54) is 18.2 Å². The fraction of sp³-hybridized carbons (Fsp3) is 0.0714. The third-order valence-corrected chi connectivity index (χ3v) is 3.33. The maximum absolute atomic E-state index is 12.7. The van der Waals surface area contributed by atoms with E-state index in [2.05, 4.69) is 9.97 Å². The molecule has 0 aliphatic carbocycles. The first kappa shape index (κ1) is 13.8. The molecule has 0 saturated carbocycles. The zero-order valence-electron chi connectivity index (χ0n) is 10.4. The number of aromatic hydroxyl groups is 1. The molecular weight excluding hydrogens is 305 g/mol. The number of rotatable bonds is 1. The highest BCUT2D eigenvalue weighted by molar-refractivity contribution is 6.32. The van der Waals surface area contributed by atoms with Gasteiger partial charge in [0.15, 0.2) is 0 Å². The first-order valence-corrected chi connectivity index (χ1v) is 6.28. The third-order valence-electron chi connectivity index (χ3n) is 3.03. The van der Waals surface area contributed by atoms with Crippen molar-refractivity contribution in [3.8, 4) is 17.1 Å². The Morgan fingerprint density at radius 1 is 1.10 bits per heavy atom. The van der Waals surface area contributed by atoms with Crippen LogP contribution in [0.3, 0.4) is 0 Å². The van der Waals surface area contributed by atoms with Crippen LogP contribution in [0.2, 0.25) is 5.02 Å². The molecule has 0 unspecified atom stereocenters. The number of fused-ring (bicyclic) bond motifs is 1. The molecule has 2 N–H and O–H groups in total. The molecule has 0 saturated heterocycles. The molecular formula is C14H8ClF3N2O. The molecule has 108 valence electrons. The third kappa shape index (κ3) is 2.54. The van der Waals surface area contributed by atoms with Gasteiger partial charge in [-0.15, -0.1) is 0 Å². The summed E-state index contributed by atoms with van der Waals surface area (Å²) in [5.41, 5.74) is 0.530. The zero-order chi connectivity index (χ0) is 15.2. The molecule has 0 atom stereocenters. The molecule has 0 spiro atoms. The van der Waals surface area contributed by atoms with E-state index in [9.17, 15) is 18.3 Å². The average Bonchev–Trinajstić information content (AvgIpc) is 2.83. The van der Waals surface area contributed by atoms with Crippen molar-refractivity contribution in [3.63, 3.8) is 0 Å². The Kier molecular flexibility index (Phi) is 3.06. The van der Waals surface area contributed by atoms with E-state index in [1.54, 1.807) is 6.07 Å². The van der Waals surface area contributed by atoms with Crippen molar-refractivity contribution < 1.29 is 18.3 Å². The van der Waals surface area contributed by atoms with Gasteiger partial charge in [0.25, 0.3) is 0 Å². The predicted molar refractivity (Wildman–Crippen MR) is 73.2 cm³/mol. The van der Waals surface area contributed by atoms with E-state index >= 15 is 0 Å². The summed E-state index contributed by atoms with van der Waals surface area (Å²) in [6, 6.07) is 7.75. The number of alkyl halides is 3. The Balaban J connectivity index is 2.10. The minimum absolute atomic E-state index is 0.0733. The van der Waals surface area contributed by atoms with Crippen LogP contribution in [0.4, 0.5) is 13.2 Å². The predicted octanol–water partition coefficient (Wildman–Crippen LogP) is 4.61. The Morgan fingerprint density at radius 2 is 1.86 bits per heavy atom. The number of phenols is 1. The number of H-pyrrole nitrogens is 1. The zero-order valence-corrected chi connectivity index (χ0v) is 11.1. The van der Waals surface area contributed by atoms with Crippen molar-refractivity contribution in [3.05, 3.63) is 47.0 Å². The quantitative estimate of drug-likeness (QED) is 0.689. The molecule has 7 heteroatoms. The highest BCUT2D eigenvalue weighted by Gasteiger charge is 2.30. The molecule has 0 bridgehead atoms. The Labute approximate surface area is 122 Å². The molecule has 3 rings (SSSR count). The fourth-order valence-corrected chi connectivity index (χ4v) is 2.16. The van der Waals surface area contributed by atoms with Crippen molar-refractivity contribution in [2.45, 2.75) is 6.18 Å². The van der Waals surface area contributed by atoms with Gasteiger partial charge in [0.05, 0.1) is 21.6 Å². The molecule has 0 aliphatic rings. The Bertz CT molecular complexity index is 827. The molecule has 1 aromatic heterocycles. The van der Waals surface area contributed by atoms with E-state index in [1.807, 2.05) is 0 Å². The van der Waals surface area contributed by atoms with E-state index in [0.717, 1.165) is 12.1 Å². The van der Waals surface area contributed by atoms with Gasteiger partial charge in [-0.1, -0.05) is 11.6 Å². The number of nitrogens with one attached hydrogen (secondary N) is 1. The summed E-state index contributed by atoms with van der Waals surface area (Å²) in [6.07, 6.45) is -4.40. The van der Waals surface area contributed by atoms with Gasteiger partial charge in [0.1, 0.15) is 11.6 Å². The number of aromatic amines is 1. The first-order valence-electron chi connectivity index (χ1n) is 5.90. The monoisotopic (exact) mass is 312 g/mol. The summed E-state index contributed by atoms with van der Waals surface area (Å²) in [5, 5.41) is 9.51. The molecule has 0 aliphatic heterocycles. The molecule has 0 radical (unpaired) electrons. The summed E-state index contributed by atoms with van der Waals surface area (Å²) in [6.45, 7) is 0. The second kappa shape index (κ2) is 4.66. The maximum Gasteiger partial charge on any atom is 0.416 e. The van der Waals surface area contributed by atoms with Crippen molar-refractivity contribution in [2.75, 3.05) is 0 Å². The van der Waals surface area contributed by atoms with Crippen LogP contribution in [-0.2, 0) is 6.18 Å². The SMILES string of the molecule is Oc1ccc(-c2nc3ccc(C(F)(F)F)cc3[nH]2)cc1Cl. The van der Waals surface area contributed by atoms with Gasteiger partial charge >= 0.3 is 6.18 Å². The van der Waals surface area contributed by atoms with Crippen LogP contribution in [0, 0.1) is 0 Å². The van der Waals surface area contributed by atoms with E-state index < -0.39 is 11.7 Å². The lowest BCUT2D eigenvalue weighted by atomic mass is 10.2. The summed E-state index contributed by atoms with van der Waals surface area (Å²) < 4.78 is 38.0. The largest absolute Gasteiger partial charge is 0.506 e. The van der Waals surface area contributed by atoms with Crippen molar-refractivity contribution in [2.24, 2.45) is 0 Å². The second-order valence-corrected chi connectivity index (χ2v) is 4.89. The number of nitrogens with zero attached hydrogens (tertiary/aromatic N) is 1. The van der Waals surface area contributed by atoms with Crippen LogP contribution in [0.5, 0.6) is 5.75 Å². The molecule has 3 nitrogen and oxygen atoms in total. The molecule has 21 heavy (non-hydrogen) atoms. The fourth-order valence-electron chi connectivity index (χ4n) is 1.98. The number of benzene rings is 2. The number of hydrogen-bond acceptors (Lipinski definition) is 2. The van der Waals surface area contributed by atoms with Crippen LogP contribution >= 0.6 is 11.6 Å². The summed E-state index contributed by atoms with van der Waals surface area (Å²) >= 11 is 5.81. The van der Waals surface area contributed by atoms with Crippen LogP contribution in [0.15, 0.2) is 36.4 Å². The smallest absolute Gasteiger partial charge is 0.416 e. The molecule has 3 aromatic rings. The van der Waals surface area contributed by atoms with E-state index in [4.69, 9.17) is 11.6 Å². The van der Waals surface area contributed by atoms with E-state index in [-0.39, 0.29) is 16.3 Å².